The second kappa shape index (κ2) is 5.18. The molecule has 15 heavy (non-hydrogen) atoms. The number of hydrogen-bond donors (Lipinski definition) is 2. The van der Waals surface area contributed by atoms with E-state index in [1.165, 1.54) is 6.26 Å². The van der Waals surface area contributed by atoms with Crippen molar-refractivity contribution in [1.29, 1.82) is 0 Å². The molecule has 0 radical (unpaired) electrons. The fraction of sp³-hybridized carbons (Fsp3) is 0.556. The van der Waals surface area contributed by atoms with Crippen LogP contribution in [0.5, 0.6) is 0 Å². The summed E-state index contributed by atoms with van der Waals surface area (Å²) in [5, 5.41) is 11.9. The third kappa shape index (κ3) is 4.85. The predicted octanol–water partition coefficient (Wildman–Crippen LogP) is 1.85. The minimum Gasteiger partial charge on any atom is -0.467 e. The van der Waals surface area contributed by atoms with Crippen LogP contribution in [0.15, 0.2) is 22.8 Å². The molecule has 0 fully saturated rings. The Morgan fingerprint density at radius 3 is 2.73 bits per heavy atom. The molecule has 86 valence electrons. The Hall–Kier alpha value is -1.01. The minimum atomic E-state index is -4.16. The normalized spacial score (nSPS) is 14.1. The van der Waals surface area contributed by atoms with E-state index in [1.807, 2.05) is 0 Å². The highest BCUT2D eigenvalue weighted by Crippen LogP contribution is 2.18. The Kier molecular flexibility index (Phi) is 4.16. The Morgan fingerprint density at radius 1 is 1.47 bits per heavy atom. The first-order valence-corrected chi connectivity index (χ1v) is 4.48. The number of alkyl halides is 3. The van der Waals surface area contributed by atoms with Gasteiger partial charge in [0.05, 0.1) is 12.7 Å². The van der Waals surface area contributed by atoms with Crippen LogP contribution in [0.2, 0.25) is 0 Å². The molecular formula is C9H12F3NO2. The molecule has 1 aromatic heterocycles. The Bertz CT molecular complexity index is 271. The first kappa shape index (κ1) is 12.1. The molecular weight excluding hydrogens is 211 g/mol. The van der Waals surface area contributed by atoms with Crippen molar-refractivity contribution in [2.24, 2.45) is 0 Å². The van der Waals surface area contributed by atoms with Crippen LogP contribution in [-0.2, 0) is 0 Å². The van der Waals surface area contributed by atoms with E-state index < -0.39 is 18.7 Å². The van der Waals surface area contributed by atoms with Crippen molar-refractivity contribution >= 4 is 0 Å². The quantitative estimate of drug-likeness (QED) is 0.749. The van der Waals surface area contributed by atoms with Gasteiger partial charge in [-0.1, -0.05) is 0 Å². The van der Waals surface area contributed by atoms with Gasteiger partial charge in [-0.25, -0.2) is 0 Å². The van der Waals surface area contributed by atoms with Crippen molar-refractivity contribution in [3.63, 3.8) is 0 Å². The fourth-order valence-electron chi connectivity index (χ4n) is 1.05. The largest absolute Gasteiger partial charge is 0.467 e. The molecule has 0 amide bonds. The van der Waals surface area contributed by atoms with Crippen LogP contribution in [0.1, 0.15) is 18.3 Å². The Morgan fingerprint density at radius 2 is 2.20 bits per heavy atom. The highest BCUT2D eigenvalue weighted by atomic mass is 19.4. The van der Waals surface area contributed by atoms with Gasteiger partial charge < -0.3 is 14.8 Å². The number of aliphatic hydroxyl groups excluding tert-OH is 1. The average molecular weight is 223 g/mol. The molecule has 0 spiro atoms. The van der Waals surface area contributed by atoms with Crippen LogP contribution in [0.3, 0.4) is 0 Å². The Balaban J connectivity index is 2.16. The van der Waals surface area contributed by atoms with Crippen molar-refractivity contribution in [2.75, 3.05) is 13.1 Å². The van der Waals surface area contributed by atoms with Gasteiger partial charge in [0.15, 0.2) is 0 Å². The summed E-state index contributed by atoms with van der Waals surface area (Å²) in [5.41, 5.74) is 0. The van der Waals surface area contributed by atoms with Gasteiger partial charge in [0.2, 0.25) is 0 Å². The summed E-state index contributed by atoms with van der Waals surface area (Å²) in [4.78, 5) is 0. The third-order valence-electron chi connectivity index (χ3n) is 1.79. The van der Waals surface area contributed by atoms with Crippen molar-refractivity contribution < 1.29 is 22.7 Å². The van der Waals surface area contributed by atoms with E-state index in [-0.39, 0.29) is 13.1 Å². The van der Waals surface area contributed by atoms with Crippen LogP contribution < -0.4 is 5.32 Å². The van der Waals surface area contributed by atoms with E-state index in [0.29, 0.717) is 5.76 Å². The van der Waals surface area contributed by atoms with Crippen molar-refractivity contribution in [1.82, 2.24) is 5.32 Å². The van der Waals surface area contributed by atoms with E-state index in [9.17, 15) is 18.3 Å². The molecule has 1 unspecified atom stereocenters. The molecule has 0 bridgehead atoms. The van der Waals surface area contributed by atoms with E-state index in [4.69, 9.17) is 4.42 Å². The highest BCUT2D eigenvalue weighted by molar-refractivity contribution is 5.02. The number of rotatable bonds is 5. The summed E-state index contributed by atoms with van der Waals surface area (Å²) in [6, 6.07) is 3.17. The van der Waals surface area contributed by atoms with Gasteiger partial charge in [-0.3, -0.25) is 0 Å². The summed E-state index contributed by atoms with van der Waals surface area (Å²) >= 11 is 0. The molecule has 1 atom stereocenters. The molecule has 0 saturated heterocycles. The van der Waals surface area contributed by atoms with Crippen molar-refractivity contribution in [3.8, 4) is 0 Å². The summed E-state index contributed by atoms with van der Waals surface area (Å²) in [5.74, 6) is 0.342. The van der Waals surface area contributed by atoms with Crippen LogP contribution in [-0.4, -0.2) is 24.4 Å². The Labute approximate surface area is 84.9 Å². The molecule has 1 rings (SSSR count). The smallest absolute Gasteiger partial charge is 0.390 e. The molecule has 0 aliphatic carbocycles. The van der Waals surface area contributed by atoms with E-state index >= 15 is 0 Å². The number of furan rings is 1. The maximum Gasteiger partial charge on any atom is 0.390 e. The molecule has 1 heterocycles. The van der Waals surface area contributed by atoms with E-state index in [2.05, 4.69) is 5.32 Å². The lowest BCUT2D eigenvalue weighted by Crippen LogP contribution is -2.26. The van der Waals surface area contributed by atoms with Gasteiger partial charge >= 0.3 is 6.18 Å². The summed E-state index contributed by atoms with van der Waals surface area (Å²) in [6.07, 6.45) is -4.58. The molecule has 0 aliphatic rings. The molecule has 3 nitrogen and oxygen atoms in total. The highest BCUT2D eigenvalue weighted by Gasteiger charge is 2.26. The second-order valence-electron chi connectivity index (χ2n) is 3.10. The lowest BCUT2D eigenvalue weighted by Gasteiger charge is -2.10. The maximum absolute atomic E-state index is 11.7. The lowest BCUT2D eigenvalue weighted by molar-refractivity contribution is -0.133. The monoisotopic (exact) mass is 223 g/mol. The SMILES string of the molecule is OC(CNCCC(F)(F)F)c1ccco1. The fourth-order valence-corrected chi connectivity index (χ4v) is 1.05. The van der Waals surface area contributed by atoms with Crippen molar-refractivity contribution in [3.05, 3.63) is 24.2 Å². The number of hydrogen-bond acceptors (Lipinski definition) is 3. The molecule has 0 saturated carbocycles. The van der Waals surface area contributed by atoms with Gasteiger partial charge in [-0.2, -0.15) is 13.2 Å². The molecule has 1 aromatic rings. The van der Waals surface area contributed by atoms with E-state index in [1.54, 1.807) is 12.1 Å². The zero-order chi connectivity index (χ0) is 11.3. The van der Waals surface area contributed by atoms with E-state index in [0.717, 1.165) is 0 Å². The number of halogens is 3. The van der Waals surface area contributed by atoms with Crippen molar-refractivity contribution in [2.45, 2.75) is 18.7 Å². The molecule has 0 aliphatic heterocycles. The summed E-state index contributed by atoms with van der Waals surface area (Å²) in [6.45, 7) is -0.162. The standard InChI is InChI=1S/C9H12F3NO2/c10-9(11,12)3-4-13-6-7(14)8-2-1-5-15-8/h1-2,5,7,13-14H,3-4,6H2. The van der Waals surface area contributed by atoms with Gasteiger partial charge in [-0.15, -0.1) is 0 Å². The van der Waals surface area contributed by atoms with Gasteiger partial charge in [0, 0.05) is 13.1 Å². The first-order valence-electron chi connectivity index (χ1n) is 4.48. The lowest BCUT2D eigenvalue weighted by atomic mass is 10.2. The van der Waals surface area contributed by atoms with Crippen LogP contribution in [0, 0.1) is 0 Å². The predicted molar refractivity (Wildman–Crippen MR) is 47.2 cm³/mol. The van der Waals surface area contributed by atoms with Gasteiger partial charge in [0.25, 0.3) is 0 Å². The average Bonchev–Trinajstić information content (AvgIpc) is 2.63. The third-order valence-corrected chi connectivity index (χ3v) is 1.79. The molecule has 0 aromatic carbocycles. The van der Waals surface area contributed by atoms with Gasteiger partial charge in [0.1, 0.15) is 11.9 Å². The topological polar surface area (TPSA) is 45.4 Å². The van der Waals surface area contributed by atoms with Gasteiger partial charge in [-0.05, 0) is 12.1 Å². The van der Waals surface area contributed by atoms with Crippen LogP contribution >= 0.6 is 0 Å². The summed E-state index contributed by atoms with van der Waals surface area (Å²) < 4.78 is 40.1. The minimum absolute atomic E-state index is 0.0452. The number of aliphatic hydroxyl groups is 1. The molecule has 2 N–H and O–H groups in total. The molecule has 6 heteroatoms. The zero-order valence-electron chi connectivity index (χ0n) is 7.92. The second-order valence-corrected chi connectivity index (χ2v) is 3.10. The van der Waals surface area contributed by atoms with Crippen LogP contribution in [0.4, 0.5) is 13.2 Å². The van der Waals surface area contributed by atoms with Crippen LogP contribution in [0.25, 0.3) is 0 Å². The maximum atomic E-state index is 11.7. The first-order chi connectivity index (χ1) is 6.99. The zero-order valence-corrected chi connectivity index (χ0v) is 7.92. The number of nitrogens with one attached hydrogen (secondary N) is 1. The summed E-state index contributed by atoms with van der Waals surface area (Å²) in [7, 11) is 0.